The minimum atomic E-state index is -1.75. The highest BCUT2D eigenvalue weighted by atomic mass is 16.9. The summed E-state index contributed by atoms with van der Waals surface area (Å²) in [5.41, 5.74) is 7.92. The van der Waals surface area contributed by atoms with Crippen LogP contribution in [0, 0.1) is 15.3 Å². The molecule has 0 aliphatic rings. The molecule has 0 aliphatic heterocycles. The number of azide groups is 1. The molecule has 13 heavy (non-hydrogen) atoms. The van der Waals surface area contributed by atoms with Crippen LogP contribution >= 0.6 is 0 Å². The fraction of sp³-hybridized carbons (Fsp3) is 0.333. The maximum absolute atomic E-state index is 8.25. The van der Waals surface area contributed by atoms with Crippen molar-refractivity contribution in [3.8, 4) is 0 Å². The van der Waals surface area contributed by atoms with E-state index in [-0.39, 0.29) is 5.95 Å². The number of H-pyrrole nitrogens is 1. The third-order valence-corrected chi connectivity index (χ3v) is 0.769. The Kier molecular flexibility index (Phi) is 4.36. The molecule has 0 unspecified atom stereocenters. The van der Waals surface area contributed by atoms with Gasteiger partial charge in [0, 0.05) is 10.0 Å². The van der Waals surface area contributed by atoms with Crippen molar-refractivity contribution in [1.82, 2.24) is 10.1 Å². The van der Waals surface area contributed by atoms with Gasteiger partial charge in [0.15, 0.2) is 0 Å². The van der Waals surface area contributed by atoms with Crippen LogP contribution < -0.4 is 4.68 Å². The van der Waals surface area contributed by atoms with Crippen LogP contribution in [0.4, 0.5) is 5.95 Å². The molecule has 70 valence electrons. The van der Waals surface area contributed by atoms with E-state index in [1.54, 1.807) is 11.7 Å². The lowest BCUT2D eigenvalue weighted by Crippen LogP contribution is -2.28. The summed E-state index contributed by atoms with van der Waals surface area (Å²) in [5.74, 6) is 0.278. The molecule has 0 bridgehead atoms. The monoisotopic (exact) mass is 187 g/mol. The molecular formula is C3H5N7O3. The zero-order valence-corrected chi connectivity index (χ0v) is 6.49. The summed E-state index contributed by atoms with van der Waals surface area (Å²) >= 11 is 0. The Morgan fingerprint density at radius 1 is 1.85 bits per heavy atom. The molecule has 0 fully saturated rings. The number of hydrogen-bond acceptors (Lipinski definition) is 5. The highest BCUT2D eigenvalue weighted by molar-refractivity contribution is 5.05. The van der Waals surface area contributed by atoms with E-state index in [4.69, 9.17) is 20.9 Å². The van der Waals surface area contributed by atoms with E-state index < -0.39 is 5.09 Å². The van der Waals surface area contributed by atoms with E-state index >= 15 is 0 Å². The van der Waals surface area contributed by atoms with Crippen molar-refractivity contribution >= 4 is 5.95 Å². The SMILES string of the molecule is C[n+]1cnc(N=[N+]=[N-])[nH]1.O=[N+]([O-])[O-]. The summed E-state index contributed by atoms with van der Waals surface area (Å²) in [6.45, 7) is 0. The van der Waals surface area contributed by atoms with Crippen molar-refractivity contribution in [2.24, 2.45) is 12.2 Å². The molecule has 10 heteroatoms. The first kappa shape index (κ1) is 10.7. The van der Waals surface area contributed by atoms with Crippen LogP contribution in [0.15, 0.2) is 11.4 Å². The Labute approximate surface area is 71.2 Å². The maximum Gasteiger partial charge on any atom is 0.339 e. The van der Waals surface area contributed by atoms with Crippen molar-refractivity contribution < 1.29 is 9.77 Å². The average molecular weight is 187 g/mol. The predicted octanol–water partition coefficient (Wildman–Crippen LogP) is -0.0631. The number of rotatable bonds is 1. The van der Waals surface area contributed by atoms with Crippen molar-refractivity contribution in [3.63, 3.8) is 0 Å². The van der Waals surface area contributed by atoms with Crippen molar-refractivity contribution in [3.05, 3.63) is 32.1 Å². The number of aromatic nitrogens is 3. The second kappa shape index (κ2) is 5.32. The Morgan fingerprint density at radius 3 is 2.69 bits per heavy atom. The fourth-order valence-corrected chi connectivity index (χ4v) is 0.447. The molecule has 1 aromatic rings. The molecule has 1 N–H and O–H groups in total. The summed E-state index contributed by atoms with van der Waals surface area (Å²) in [6, 6.07) is 0. The van der Waals surface area contributed by atoms with Gasteiger partial charge >= 0.3 is 12.3 Å². The average Bonchev–Trinajstić information content (AvgIpc) is 2.35. The van der Waals surface area contributed by atoms with Crippen molar-refractivity contribution in [1.29, 1.82) is 0 Å². The number of aryl methyl sites for hydroxylation is 1. The Hall–Kier alpha value is -2.35. The van der Waals surface area contributed by atoms with Crippen molar-refractivity contribution in [2.75, 3.05) is 0 Å². The van der Waals surface area contributed by atoms with Crippen molar-refractivity contribution in [2.45, 2.75) is 0 Å². The predicted molar refractivity (Wildman–Crippen MR) is 38.9 cm³/mol. The van der Waals surface area contributed by atoms with Crippen LogP contribution in [-0.4, -0.2) is 15.2 Å². The Morgan fingerprint density at radius 2 is 2.38 bits per heavy atom. The van der Waals surface area contributed by atoms with Gasteiger partial charge in [0.1, 0.15) is 7.05 Å². The molecular weight excluding hydrogens is 182 g/mol. The summed E-state index contributed by atoms with van der Waals surface area (Å²) < 4.78 is 1.59. The third-order valence-electron chi connectivity index (χ3n) is 0.769. The smallest absolute Gasteiger partial charge is 0.339 e. The highest BCUT2D eigenvalue weighted by Crippen LogP contribution is 1.95. The summed E-state index contributed by atoms with van der Waals surface area (Å²) in [5, 5.41) is 20.6. The van der Waals surface area contributed by atoms with E-state index in [1.165, 1.54) is 6.33 Å². The van der Waals surface area contributed by atoms with Crippen LogP contribution in [0.25, 0.3) is 10.4 Å². The first-order chi connectivity index (χ1) is 6.06. The molecule has 0 spiro atoms. The van der Waals surface area contributed by atoms with Crippen LogP contribution in [0.2, 0.25) is 0 Å². The van der Waals surface area contributed by atoms with Crippen LogP contribution in [0.3, 0.4) is 0 Å². The minimum Gasteiger partial charge on any atom is -0.356 e. The van der Waals surface area contributed by atoms with Gasteiger partial charge < -0.3 is 15.3 Å². The van der Waals surface area contributed by atoms with Gasteiger partial charge in [-0.3, -0.25) is 0 Å². The summed E-state index contributed by atoms with van der Waals surface area (Å²) in [7, 11) is 1.75. The molecule has 0 saturated heterocycles. The van der Waals surface area contributed by atoms with Gasteiger partial charge in [-0.2, -0.15) is 9.78 Å². The van der Waals surface area contributed by atoms with Gasteiger partial charge in [0.05, 0.1) is 5.09 Å². The number of nitrogens with zero attached hydrogens (tertiary/aromatic N) is 6. The fourth-order valence-electron chi connectivity index (χ4n) is 0.447. The van der Waals surface area contributed by atoms with E-state index in [2.05, 4.69) is 20.1 Å². The van der Waals surface area contributed by atoms with Crippen LogP contribution in [-0.2, 0) is 7.05 Å². The number of aromatic amines is 1. The molecule has 1 rings (SSSR count). The van der Waals surface area contributed by atoms with Gasteiger partial charge in [-0.15, -0.1) is 0 Å². The Bertz CT molecular complexity index is 321. The van der Waals surface area contributed by atoms with E-state index in [1.807, 2.05) is 0 Å². The first-order valence-corrected chi connectivity index (χ1v) is 2.83. The topological polar surface area (TPSA) is 148 Å². The molecule has 10 nitrogen and oxygen atoms in total. The zero-order chi connectivity index (χ0) is 10.3. The van der Waals surface area contributed by atoms with Gasteiger partial charge in [-0.1, -0.05) is 0 Å². The summed E-state index contributed by atoms with van der Waals surface area (Å²) in [6.07, 6.45) is 1.52. The first-order valence-electron chi connectivity index (χ1n) is 2.83. The molecule has 0 aromatic carbocycles. The molecule has 0 aliphatic carbocycles. The summed E-state index contributed by atoms with van der Waals surface area (Å²) in [4.78, 5) is 14.5. The second-order valence-electron chi connectivity index (χ2n) is 1.70. The van der Waals surface area contributed by atoms with E-state index in [9.17, 15) is 0 Å². The third kappa shape index (κ3) is 6.06. The quantitative estimate of drug-likeness (QED) is 0.163. The molecule has 0 amide bonds. The molecule has 0 atom stereocenters. The molecule has 0 saturated carbocycles. The van der Waals surface area contributed by atoms with Gasteiger partial charge in [-0.25, -0.2) is 0 Å². The standard InChI is InChI=1S/C3H4N6.NO3/c1-9-2-5-3(7-9)6-8-4;2-1(3)4/h2H,1H3;/q;-1/p+1. The lowest BCUT2D eigenvalue weighted by Gasteiger charge is -1.74. The van der Waals surface area contributed by atoms with Gasteiger partial charge in [0.25, 0.3) is 0 Å². The molecule has 1 heterocycles. The van der Waals surface area contributed by atoms with Gasteiger partial charge in [0.2, 0.25) is 0 Å². The minimum absolute atomic E-state index is 0.278. The van der Waals surface area contributed by atoms with E-state index in [0.29, 0.717) is 0 Å². The molecule has 0 radical (unpaired) electrons. The number of hydrogen-bond donors (Lipinski definition) is 1. The lowest BCUT2D eigenvalue weighted by molar-refractivity contribution is -0.727. The van der Waals surface area contributed by atoms with Gasteiger partial charge in [-0.05, 0) is 10.5 Å². The van der Waals surface area contributed by atoms with Crippen LogP contribution in [0.5, 0.6) is 0 Å². The largest absolute Gasteiger partial charge is 0.356 e. The highest BCUT2D eigenvalue weighted by Gasteiger charge is 1.98. The maximum atomic E-state index is 8.25. The normalized spacial score (nSPS) is 7.77. The number of nitrogens with one attached hydrogen (secondary N) is 1. The Balaban J connectivity index is 0.000000310. The molecule has 1 aromatic heterocycles. The van der Waals surface area contributed by atoms with Crippen LogP contribution in [0.1, 0.15) is 0 Å². The lowest BCUT2D eigenvalue weighted by atomic mass is 11.1. The zero-order valence-electron chi connectivity index (χ0n) is 6.49. The van der Waals surface area contributed by atoms with E-state index in [0.717, 1.165) is 0 Å². The second-order valence-corrected chi connectivity index (χ2v) is 1.70.